The third-order valence-electron chi connectivity index (χ3n) is 5.13. The molecule has 37 heavy (non-hydrogen) atoms. The Morgan fingerprint density at radius 3 is 2.00 bits per heavy atom. The number of nitrogens with zero attached hydrogens (tertiary/aromatic N) is 4. The first-order chi connectivity index (χ1) is 17.0. The zero-order valence-electron chi connectivity index (χ0n) is 18.8. The molecule has 0 amide bonds. The summed E-state index contributed by atoms with van der Waals surface area (Å²) in [5.41, 5.74) is -2.40. The highest BCUT2D eigenvalue weighted by Crippen LogP contribution is 2.40. The maximum atomic E-state index is 13.9. The van der Waals surface area contributed by atoms with Gasteiger partial charge in [0.2, 0.25) is 0 Å². The molecule has 1 aromatic carbocycles. The van der Waals surface area contributed by atoms with E-state index >= 15 is 0 Å². The van der Waals surface area contributed by atoms with Crippen molar-refractivity contribution in [1.82, 2.24) is 19.6 Å². The van der Waals surface area contributed by atoms with E-state index in [1.807, 2.05) is 0 Å². The topological polar surface area (TPSA) is 52.3 Å². The summed E-state index contributed by atoms with van der Waals surface area (Å²) in [5.74, 6) is -1.13. The van der Waals surface area contributed by atoms with Gasteiger partial charge in [-0.15, -0.1) is 0 Å². The maximum Gasteiger partial charge on any atom is 0.433 e. The van der Waals surface area contributed by atoms with Gasteiger partial charge in [0.1, 0.15) is 5.75 Å². The molecule has 0 aliphatic carbocycles. The molecule has 0 unspecified atom stereocenters. The number of ether oxygens (including phenoxy) is 1. The number of hydrogen-bond donors (Lipinski definition) is 0. The summed E-state index contributed by atoms with van der Waals surface area (Å²) < 4.78 is 125. The normalized spacial score (nSPS) is 12.8. The van der Waals surface area contributed by atoms with E-state index in [9.17, 15) is 39.5 Å². The summed E-state index contributed by atoms with van der Waals surface area (Å²) in [6.45, 7) is 1.36. The summed E-state index contributed by atoms with van der Waals surface area (Å²) in [5, 5.41) is 3.78. The van der Waals surface area contributed by atoms with E-state index in [2.05, 4.69) is 19.8 Å². The van der Waals surface area contributed by atoms with Gasteiger partial charge in [0.15, 0.2) is 17.9 Å². The monoisotopic (exact) mass is 534 g/mol. The first-order valence-corrected chi connectivity index (χ1v) is 10.4. The summed E-state index contributed by atoms with van der Waals surface area (Å²) in [6, 6.07) is 5.58. The van der Waals surface area contributed by atoms with Crippen LogP contribution in [0, 0.1) is 13.8 Å². The molecule has 0 atom stereocenters. The Balaban J connectivity index is 1.93. The molecule has 0 fully saturated rings. The van der Waals surface area contributed by atoms with Gasteiger partial charge in [0, 0.05) is 22.5 Å². The second kappa shape index (κ2) is 8.92. The zero-order chi connectivity index (χ0) is 27.3. The van der Waals surface area contributed by atoms with Gasteiger partial charge in [-0.05, 0) is 55.8 Å². The van der Waals surface area contributed by atoms with Crippen LogP contribution in [0.1, 0.15) is 22.6 Å². The molecule has 0 aliphatic heterocycles. The third-order valence-corrected chi connectivity index (χ3v) is 5.13. The average molecular weight is 534 g/mol. The average Bonchev–Trinajstić information content (AvgIpc) is 3.18. The second-order valence-electron chi connectivity index (χ2n) is 8.07. The van der Waals surface area contributed by atoms with Crippen LogP contribution in [-0.4, -0.2) is 32.4 Å². The number of pyridine rings is 1. The van der Waals surface area contributed by atoms with Gasteiger partial charge in [-0.3, -0.25) is 4.98 Å². The highest BCUT2D eigenvalue weighted by atomic mass is 19.4. The molecule has 3 heterocycles. The fourth-order valence-electron chi connectivity index (χ4n) is 3.70. The predicted octanol–water partition coefficient (Wildman–Crippen LogP) is 7.05. The molecule has 0 spiro atoms. The highest BCUT2D eigenvalue weighted by molar-refractivity contribution is 5.79. The third kappa shape index (κ3) is 5.62. The van der Waals surface area contributed by atoms with Gasteiger partial charge >= 0.3 is 18.5 Å². The van der Waals surface area contributed by atoms with Crippen LogP contribution in [0.3, 0.4) is 0 Å². The van der Waals surface area contributed by atoms with Gasteiger partial charge in [0.25, 0.3) is 0 Å². The number of rotatable bonds is 4. The minimum atomic E-state index is -5.16. The summed E-state index contributed by atoms with van der Waals surface area (Å²) in [6.07, 6.45) is -13.9. The van der Waals surface area contributed by atoms with Gasteiger partial charge in [-0.2, -0.15) is 44.6 Å². The number of hydrogen-bond acceptors (Lipinski definition) is 4. The van der Waals surface area contributed by atoms with Crippen LogP contribution in [0.2, 0.25) is 0 Å². The van der Waals surface area contributed by atoms with Gasteiger partial charge in [0.05, 0.1) is 17.5 Å². The quantitative estimate of drug-likeness (QED) is 0.263. The van der Waals surface area contributed by atoms with Crippen molar-refractivity contribution >= 4 is 5.65 Å². The van der Waals surface area contributed by atoms with Crippen molar-refractivity contribution in [1.29, 1.82) is 0 Å². The van der Waals surface area contributed by atoms with E-state index in [-0.39, 0.29) is 11.2 Å². The number of alkyl halides is 9. The molecular weight excluding hydrogens is 519 g/mol. The van der Waals surface area contributed by atoms with E-state index in [1.165, 1.54) is 0 Å². The summed E-state index contributed by atoms with van der Waals surface area (Å²) in [7, 11) is 0. The molecule has 0 bridgehead atoms. The lowest BCUT2D eigenvalue weighted by Crippen LogP contribution is -2.21. The van der Waals surface area contributed by atoms with Crippen molar-refractivity contribution < 1.29 is 44.3 Å². The number of benzene rings is 1. The Bertz CT molecular complexity index is 1450. The van der Waals surface area contributed by atoms with Crippen molar-refractivity contribution in [2.75, 3.05) is 6.61 Å². The minimum Gasteiger partial charge on any atom is -0.483 e. The van der Waals surface area contributed by atoms with Crippen molar-refractivity contribution in [3.8, 4) is 28.1 Å². The molecule has 0 N–H and O–H groups in total. The number of halogens is 9. The Kier molecular flexibility index (Phi) is 6.32. The SMILES string of the molecule is Cc1cc(-c2cnn3c(C(F)(F)F)cc(-c4ccc(OCC(F)(F)F)c(C(F)(F)F)c4)nc23)cc(C)n1. The smallest absolute Gasteiger partial charge is 0.433 e. The lowest BCUT2D eigenvalue weighted by Gasteiger charge is -2.17. The molecule has 5 nitrogen and oxygen atoms in total. The van der Waals surface area contributed by atoms with Crippen LogP contribution in [0.15, 0.2) is 42.6 Å². The molecule has 0 saturated carbocycles. The Hall–Kier alpha value is -3.84. The second-order valence-corrected chi connectivity index (χ2v) is 8.07. The lowest BCUT2D eigenvalue weighted by atomic mass is 10.0. The Morgan fingerprint density at radius 2 is 1.43 bits per heavy atom. The van der Waals surface area contributed by atoms with Crippen LogP contribution in [0.4, 0.5) is 39.5 Å². The molecular formula is C23H15F9N4O. The number of fused-ring (bicyclic) bond motifs is 1. The zero-order valence-corrected chi connectivity index (χ0v) is 18.8. The lowest BCUT2D eigenvalue weighted by molar-refractivity contribution is -0.158. The van der Waals surface area contributed by atoms with Crippen LogP contribution in [0.5, 0.6) is 5.75 Å². The molecule has 4 aromatic rings. The van der Waals surface area contributed by atoms with Crippen molar-refractivity contribution in [3.05, 3.63) is 65.2 Å². The standard InChI is InChI=1S/C23H15F9N4O/c1-11-5-14(6-12(2)34-11)15-9-33-36-19(23(30,31)32)8-17(35-20(15)36)13-3-4-18(37-10-21(24,25)26)16(7-13)22(27,28)29/h3-9H,10H2,1-2H3. The molecule has 0 saturated heterocycles. The van der Waals surface area contributed by atoms with Crippen molar-refractivity contribution in [2.45, 2.75) is 32.4 Å². The van der Waals surface area contributed by atoms with Crippen molar-refractivity contribution in [3.63, 3.8) is 0 Å². The predicted molar refractivity (Wildman–Crippen MR) is 113 cm³/mol. The summed E-state index contributed by atoms with van der Waals surface area (Å²) in [4.78, 5) is 8.35. The molecule has 0 radical (unpaired) electrons. The molecule has 4 rings (SSSR count). The molecule has 3 aromatic heterocycles. The highest BCUT2D eigenvalue weighted by Gasteiger charge is 2.38. The van der Waals surface area contributed by atoms with Crippen LogP contribution in [-0.2, 0) is 12.4 Å². The Morgan fingerprint density at radius 1 is 0.784 bits per heavy atom. The van der Waals surface area contributed by atoms with Gasteiger partial charge in [-0.1, -0.05) is 0 Å². The maximum absolute atomic E-state index is 13.9. The van der Waals surface area contributed by atoms with Crippen molar-refractivity contribution in [2.24, 2.45) is 0 Å². The first-order valence-electron chi connectivity index (χ1n) is 10.4. The summed E-state index contributed by atoms with van der Waals surface area (Å²) >= 11 is 0. The van der Waals surface area contributed by atoms with E-state index in [1.54, 1.807) is 26.0 Å². The van der Waals surface area contributed by atoms with E-state index in [4.69, 9.17) is 0 Å². The number of aryl methyl sites for hydroxylation is 2. The molecule has 196 valence electrons. The largest absolute Gasteiger partial charge is 0.483 e. The number of aromatic nitrogens is 4. The molecule has 0 aliphatic rings. The van der Waals surface area contributed by atoms with E-state index in [0.29, 0.717) is 39.7 Å². The minimum absolute atomic E-state index is 0.169. The first kappa shape index (κ1) is 26.2. The van der Waals surface area contributed by atoms with Gasteiger partial charge in [-0.25, -0.2) is 9.50 Å². The molecule has 14 heteroatoms. The van der Waals surface area contributed by atoms with Crippen LogP contribution < -0.4 is 4.74 Å². The fourth-order valence-corrected chi connectivity index (χ4v) is 3.70. The van der Waals surface area contributed by atoms with Crippen LogP contribution in [0.25, 0.3) is 28.0 Å². The fraction of sp³-hybridized carbons (Fsp3) is 0.261. The van der Waals surface area contributed by atoms with Crippen LogP contribution >= 0.6 is 0 Å². The van der Waals surface area contributed by atoms with E-state index in [0.717, 1.165) is 12.3 Å². The Labute approximate surface area is 202 Å². The van der Waals surface area contributed by atoms with Gasteiger partial charge < -0.3 is 4.74 Å². The van der Waals surface area contributed by atoms with E-state index < -0.39 is 53.4 Å².